The number of piperidine rings is 1. The van der Waals surface area contributed by atoms with Gasteiger partial charge in [0.2, 0.25) is 0 Å². The Labute approximate surface area is 141 Å². The highest BCUT2D eigenvalue weighted by Gasteiger charge is 2.25. The van der Waals surface area contributed by atoms with E-state index in [2.05, 4.69) is 12.1 Å². The molecule has 1 fully saturated rings. The van der Waals surface area contributed by atoms with Crippen LogP contribution in [0.15, 0.2) is 47.3 Å². The summed E-state index contributed by atoms with van der Waals surface area (Å²) in [5.41, 5.74) is 1.89. The number of quaternary nitrogens is 1. The molecule has 1 aromatic carbocycles. The molecule has 2 heterocycles. The van der Waals surface area contributed by atoms with Crippen molar-refractivity contribution in [1.29, 1.82) is 0 Å². The number of benzene rings is 1. The third kappa shape index (κ3) is 3.84. The predicted molar refractivity (Wildman–Crippen MR) is 83.7 cm³/mol. The Kier molecular flexibility index (Phi) is 5.53. The molecule has 0 atom stereocenters. The van der Waals surface area contributed by atoms with E-state index in [-0.39, 0.29) is 22.5 Å². The van der Waals surface area contributed by atoms with Crippen molar-refractivity contribution in [2.45, 2.75) is 25.9 Å². The maximum Gasteiger partial charge on any atom is 0.271 e. The van der Waals surface area contributed by atoms with Crippen molar-refractivity contribution in [3.8, 4) is 11.3 Å². The number of rotatable bonds is 3. The second kappa shape index (κ2) is 7.20. The fraction of sp³-hybridized carbons (Fsp3) is 0.412. The van der Waals surface area contributed by atoms with Crippen molar-refractivity contribution in [2.24, 2.45) is 0 Å². The third-order valence-corrected chi connectivity index (χ3v) is 4.31. The first-order valence-electron chi connectivity index (χ1n) is 7.63. The van der Waals surface area contributed by atoms with Crippen LogP contribution in [-0.4, -0.2) is 34.4 Å². The van der Waals surface area contributed by atoms with Crippen LogP contribution in [0.3, 0.4) is 0 Å². The van der Waals surface area contributed by atoms with Crippen LogP contribution >= 0.6 is 0 Å². The number of aromatic nitrogens is 2. The number of hydrogen-bond donors (Lipinski definition) is 0. The summed E-state index contributed by atoms with van der Waals surface area (Å²) in [6, 6.07) is 13.5. The summed E-state index contributed by atoms with van der Waals surface area (Å²) >= 11 is 0. The van der Waals surface area contributed by atoms with Crippen molar-refractivity contribution in [3.63, 3.8) is 0 Å². The molecule has 3 rings (SSSR count). The molecule has 0 amide bonds. The van der Waals surface area contributed by atoms with Crippen molar-refractivity contribution < 1.29 is 21.5 Å². The van der Waals surface area contributed by atoms with E-state index in [1.165, 1.54) is 19.3 Å². The largest absolute Gasteiger partial charge is 1.00 e. The molecular formula is C17H22BrN3O. The van der Waals surface area contributed by atoms with E-state index in [0.29, 0.717) is 6.67 Å². The number of halogens is 1. The first kappa shape index (κ1) is 16.9. The number of hydrogen-bond acceptors (Lipinski definition) is 2. The van der Waals surface area contributed by atoms with Gasteiger partial charge in [-0.2, -0.15) is 9.78 Å². The van der Waals surface area contributed by atoms with E-state index in [9.17, 15) is 4.79 Å². The average molecular weight is 364 g/mol. The zero-order valence-corrected chi connectivity index (χ0v) is 14.5. The first-order valence-corrected chi connectivity index (χ1v) is 7.63. The van der Waals surface area contributed by atoms with Gasteiger partial charge in [-0.1, -0.05) is 30.3 Å². The van der Waals surface area contributed by atoms with Crippen molar-refractivity contribution in [3.05, 3.63) is 52.8 Å². The van der Waals surface area contributed by atoms with Gasteiger partial charge in [0.15, 0.2) is 6.67 Å². The molecule has 0 radical (unpaired) electrons. The molecule has 4 nitrogen and oxygen atoms in total. The molecule has 0 bridgehead atoms. The molecule has 1 aliphatic rings. The Balaban J connectivity index is 0.00000176. The normalized spacial score (nSPS) is 16.8. The smallest absolute Gasteiger partial charge is 0.271 e. The monoisotopic (exact) mass is 363 g/mol. The van der Waals surface area contributed by atoms with E-state index in [4.69, 9.17) is 0 Å². The number of likely N-dealkylation sites (tertiary alicyclic amines) is 1. The summed E-state index contributed by atoms with van der Waals surface area (Å²) in [5.74, 6) is 0. The molecule has 0 N–H and O–H groups in total. The van der Waals surface area contributed by atoms with Gasteiger partial charge >= 0.3 is 0 Å². The molecule has 5 heteroatoms. The second-order valence-corrected chi connectivity index (χ2v) is 6.19. The van der Waals surface area contributed by atoms with E-state index in [1.54, 1.807) is 10.7 Å². The van der Waals surface area contributed by atoms with Gasteiger partial charge < -0.3 is 21.5 Å². The molecule has 0 spiro atoms. The zero-order valence-electron chi connectivity index (χ0n) is 12.9. The van der Waals surface area contributed by atoms with Gasteiger partial charge in [-0.3, -0.25) is 4.79 Å². The van der Waals surface area contributed by atoms with Crippen LogP contribution in [0.2, 0.25) is 0 Å². The van der Waals surface area contributed by atoms with Crippen LogP contribution in [0, 0.1) is 0 Å². The van der Waals surface area contributed by atoms with Gasteiger partial charge in [-0.15, -0.1) is 0 Å². The van der Waals surface area contributed by atoms with Crippen LogP contribution in [-0.2, 0) is 6.67 Å². The molecule has 0 saturated carbocycles. The zero-order chi connectivity index (χ0) is 14.7. The van der Waals surface area contributed by atoms with Gasteiger partial charge in [0.25, 0.3) is 5.56 Å². The topological polar surface area (TPSA) is 34.9 Å². The standard InChI is InChI=1S/C17H22N3O.BrH/c1-20(12-6-3-7-13-20)14-19-17(21)11-10-16(18-19)15-8-4-2-5-9-15;/h2,4-5,8-11H,3,6-7,12-14H2,1H3;1H/q+1;/p-1. The molecule has 118 valence electrons. The lowest BCUT2D eigenvalue weighted by Crippen LogP contribution is -3.00. The average Bonchev–Trinajstić information content (AvgIpc) is 2.51. The van der Waals surface area contributed by atoms with Crippen molar-refractivity contribution in [1.82, 2.24) is 9.78 Å². The van der Waals surface area contributed by atoms with E-state index >= 15 is 0 Å². The summed E-state index contributed by atoms with van der Waals surface area (Å²) in [6.07, 6.45) is 3.79. The number of nitrogens with zero attached hydrogens (tertiary/aromatic N) is 3. The van der Waals surface area contributed by atoms with Crippen LogP contribution in [0.1, 0.15) is 19.3 Å². The maximum absolute atomic E-state index is 12.1. The summed E-state index contributed by atoms with van der Waals surface area (Å²) in [7, 11) is 2.22. The SMILES string of the molecule is C[N+]1(Cn2nc(-c3ccccc3)ccc2=O)CCCCC1.[Br-]. The van der Waals surface area contributed by atoms with E-state index in [1.807, 2.05) is 36.4 Å². The molecule has 1 aliphatic heterocycles. The summed E-state index contributed by atoms with van der Waals surface area (Å²) in [4.78, 5) is 12.1. The van der Waals surface area contributed by atoms with Crippen molar-refractivity contribution >= 4 is 0 Å². The van der Waals surface area contributed by atoms with Gasteiger partial charge in [0.1, 0.15) is 0 Å². The van der Waals surface area contributed by atoms with Crippen LogP contribution < -0.4 is 22.5 Å². The second-order valence-electron chi connectivity index (χ2n) is 6.19. The highest BCUT2D eigenvalue weighted by molar-refractivity contribution is 5.57. The van der Waals surface area contributed by atoms with Crippen molar-refractivity contribution in [2.75, 3.05) is 20.1 Å². The molecule has 22 heavy (non-hydrogen) atoms. The minimum absolute atomic E-state index is 0. The minimum atomic E-state index is -0.0143. The van der Waals surface area contributed by atoms with Gasteiger partial charge in [0.05, 0.1) is 25.8 Å². The van der Waals surface area contributed by atoms with Crippen LogP contribution in [0.4, 0.5) is 0 Å². The minimum Gasteiger partial charge on any atom is -1.00 e. The van der Waals surface area contributed by atoms with Gasteiger partial charge in [0, 0.05) is 11.6 Å². The van der Waals surface area contributed by atoms with Gasteiger partial charge in [-0.25, -0.2) is 0 Å². The van der Waals surface area contributed by atoms with Crippen LogP contribution in [0.5, 0.6) is 0 Å². The summed E-state index contributed by atoms with van der Waals surface area (Å²) < 4.78 is 2.54. The fourth-order valence-corrected chi connectivity index (χ4v) is 3.05. The highest BCUT2D eigenvalue weighted by Crippen LogP contribution is 2.18. The quantitative estimate of drug-likeness (QED) is 0.689. The third-order valence-electron chi connectivity index (χ3n) is 4.31. The highest BCUT2D eigenvalue weighted by atomic mass is 79.9. The Bertz CT molecular complexity index is 663. The van der Waals surface area contributed by atoms with E-state index < -0.39 is 0 Å². The lowest BCUT2D eigenvalue weighted by molar-refractivity contribution is -0.936. The summed E-state index contributed by atoms with van der Waals surface area (Å²) in [5, 5.41) is 4.57. The molecule has 2 aromatic rings. The molecule has 0 aliphatic carbocycles. The summed E-state index contributed by atoms with van der Waals surface area (Å²) in [6.45, 7) is 2.92. The fourth-order valence-electron chi connectivity index (χ4n) is 3.05. The Morgan fingerprint density at radius 2 is 1.73 bits per heavy atom. The van der Waals surface area contributed by atoms with Crippen LogP contribution in [0.25, 0.3) is 11.3 Å². The Morgan fingerprint density at radius 3 is 2.41 bits per heavy atom. The molecule has 1 aromatic heterocycles. The lowest BCUT2D eigenvalue weighted by Gasteiger charge is -2.37. The Morgan fingerprint density at radius 1 is 1.05 bits per heavy atom. The molecular weight excluding hydrogens is 342 g/mol. The maximum atomic E-state index is 12.1. The predicted octanol–water partition coefficient (Wildman–Crippen LogP) is -0.498. The van der Waals surface area contributed by atoms with Gasteiger partial charge in [-0.05, 0) is 25.3 Å². The Hall–Kier alpha value is -1.46. The first-order chi connectivity index (χ1) is 10.2. The molecule has 0 unspecified atom stereocenters. The molecule has 1 saturated heterocycles. The van der Waals surface area contributed by atoms with E-state index in [0.717, 1.165) is 28.8 Å². The lowest BCUT2D eigenvalue weighted by atomic mass is 10.1.